The van der Waals surface area contributed by atoms with E-state index in [1.54, 1.807) is 0 Å². The van der Waals surface area contributed by atoms with Gasteiger partial charge in [-0.15, -0.1) is 0 Å². The summed E-state index contributed by atoms with van der Waals surface area (Å²) in [5.74, 6) is 0.720. The molecule has 1 aliphatic rings. The molecule has 1 heteroatoms. The van der Waals surface area contributed by atoms with Gasteiger partial charge in [0.25, 0.3) is 0 Å². The van der Waals surface area contributed by atoms with Gasteiger partial charge in [0.15, 0.2) is 0 Å². The summed E-state index contributed by atoms with van der Waals surface area (Å²) >= 11 is 0. The van der Waals surface area contributed by atoms with Crippen LogP contribution in [0.2, 0.25) is 0 Å². The molecule has 21 heavy (non-hydrogen) atoms. The summed E-state index contributed by atoms with van der Waals surface area (Å²) < 4.78 is 0. The molecule has 1 aliphatic carbocycles. The smallest absolute Gasteiger partial charge is 0.0138 e. The number of hydrogen-bond acceptors (Lipinski definition) is 1. The third-order valence-electron chi connectivity index (χ3n) is 4.98. The molecule has 1 aromatic carbocycles. The Morgan fingerprint density at radius 1 is 1.05 bits per heavy atom. The number of benzene rings is 1. The molecular weight excluding hydrogens is 254 g/mol. The van der Waals surface area contributed by atoms with E-state index in [4.69, 9.17) is 0 Å². The molecule has 1 fully saturated rings. The van der Waals surface area contributed by atoms with Crippen LogP contribution in [-0.4, -0.2) is 12.1 Å². The average Bonchev–Trinajstić information content (AvgIpc) is 2.53. The van der Waals surface area contributed by atoms with Gasteiger partial charge in [-0.1, -0.05) is 75.8 Å². The zero-order valence-electron chi connectivity index (χ0n) is 14.0. The summed E-state index contributed by atoms with van der Waals surface area (Å²) in [6.45, 7) is 4.66. The van der Waals surface area contributed by atoms with Gasteiger partial charge in [-0.05, 0) is 37.7 Å². The summed E-state index contributed by atoms with van der Waals surface area (Å²) in [5.41, 5.74) is 1.54. The van der Waals surface area contributed by atoms with Gasteiger partial charge < -0.3 is 5.32 Å². The van der Waals surface area contributed by atoms with Crippen molar-refractivity contribution in [1.82, 2.24) is 5.32 Å². The molecule has 2 rings (SSSR count). The Morgan fingerprint density at radius 2 is 1.81 bits per heavy atom. The summed E-state index contributed by atoms with van der Waals surface area (Å²) in [7, 11) is 0. The maximum absolute atomic E-state index is 3.94. The Kier molecular flexibility index (Phi) is 7.29. The number of nitrogens with one attached hydrogen (secondary N) is 1. The van der Waals surface area contributed by atoms with Crippen molar-refractivity contribution in [3.63, 3.8) is 0 Å². The zero-order chi connectivity index (χ0) is 14.9. The molecule has 0 heterocycles. The molecule has 1 saturated carbocycles. The fourth-order valence-electron chi connectivity index (χ4n) is 3.76. The van der Waals surface area contributed by atoms with Crippen LogP contribution in [0.15, 0.2) is 30.3 Å². The Bertz CT molecular complexity index is 373. The molecule has 0 radical (unpaired) electrons. The molecule has 0 saturated heterocycles. The second-order valence-corrected chi connectivity index (χ2v) is 6.83. The third kappa shape index (κ3) is 5.47. The van der Waals surface area contributed by atoms with Crippen LogP contribution in [0.25, 0.3) is 0 Å². The van der Waals surface area contributed by atoms with Crippen molar-refractivity contribution >= 4 is 0 Å². The lowest BCUT2D eigenvalue weighted by Gasteiger charge is -2.35. The van der Waals surface area contributed by atoms with Crippen LogP contribution < -0.4 is 5.32 Å². The largest absolute Gasteiger partial charge is 0.311 e. The predicted molar refractivity (Wildman–Crippen MR) is 92.8 cm³/mol. The topological polar surface area (TPSA) is 12.0 Å². The van der Waals surface area contributed by atoms with Crippen molar-refractivity contribution in [1.29, 1.82) is 0 Å². The molecular formula is C20H33N. The number of rotatable bonds is 8. The van der Waals surface area contributed by atoms with Gasteiger partial charge in [0, 0.05) is 12.1 Å². The highest BCUT2D eigenvalue weighted by Crippen LogP contribution is 2.33. The molecule has 0 aliphatic heterocycles. The van der Waals surface area contributed by atoms with E-state index in [0.29, 0.717) is 12.1 Å². The van der Waals surface area contributed by atoms with Crippen molar-refractivity contribution in [3.8, 4) is 0 Å². The Hall–Kier alpha value is -0.820. The van der Waals surface area contributed by atoms with E-state index in [9.17, 15) is 0 Å². The second kappa shape index (κ2) is 9.25. The molecule has 118 valence electrons. The Balaban J connectivity index is 1.84. The minimum Gasteiger partial charge on any atom is -0.311 e. The normalized spacial score (nSPS) is 23.9. The van der Waals surface area contributed by atoms with Gasteiger partial charge in [0.2, 0.25) is 0 Å². The van der Waals surface area contributed by atoms with Crippen molar-refractivity contribution < 1.29 is 0 Å². The quantitative estimate of drug-likeness (QED) is 0.608. The van der Waals surface area contributed by atoms with Crippen LogP contribution in [0.5, 0.6) is 0 Å². The molecule has 3 unspecified atom stereocenters. The highest BCUT2D eigenvalue weighted by atomic mass is 15.0. The maximum atomic E-state index is 3.94. The highest BCUT2D eigenvalue weighted by Gasteiger charge is 2.26. The number of unbranched alkanes of at least 4 members (excludes halogenated alkanes) is 3. The van der Waals surface area contributed by atoms with Crippen molar-refractivity contribution in [2.24, 2.45) is 0 Å². The van der Waals surface area contributed by atoms with Gasteiger partial charge in [-0.2, -0.15) is 0 Å². The summed E-state index contributed by atoms with van der Waals surface area (Å²) in [5, 5.41) is 3.94. The Labute approximate surface area is 131 Å². The van der Waals surface area contributed by atoms with Crippen LogP contribution in [-0.2, 0) is 0 Å². The van der Waals surface area contributed by atoms with Crippen LogP contribution >= 0.6 is 0 Å². The van der Waals surface area contributed by atoms with E-state index >= 15 is 0 Å². The highest BCUT2D eigenvalue weighted by molar-refractivity contribution is 5.22. The molecule has 0 bridgehead atoms. The van der Waals surface area contributed by atoms with Gasteiger partial charge in [0.1, 0.15) is 0 Å². The first kappa shape index (κ1) is 16.5. The average molecular weight is 287 g/mol. The van der Waals surface area contributed by atoms with Crippen LogP contribution in [0, 0.1) is 0 Å². The zero-order valence-corrected chi connectivity index (χ0v) is 14.0. The van der Waals surface area contributed by atoms with E-state index in [0.717, 1.165) is 5.92 Å². The van der Waals surface area contributed by atoms with Crippen LogP contribution in [0.3, 0.4) is 0 Å². The van der Waals surface area contributed by atoms with Crippen LogP contribution in [0.1, 0.15) is 83.1 Å². The van der Waals surface area contributed by atoms with Gasteiger partial charge in [0.05, 0.1) is 0 Å². The summed E-state index contributed by atoms with van der Waals surface area (Å²) in [4.78, 5) is 0. The molecule has 3 atom stereocenters. The fourth-order valence-corrected chi connectivity index (χ4v) is 3.76. The van der Waals surface area contributed by atoms with Crippen molar-refractivity contribution in [3.05, 3.63) is 35.9 Å². The van der Waals surface area contributed by atoms with Gasteiger partial charge in [-0.3, -0.25) is 0 Å². The molecule has 1 N–H and O–H groups in total. The maximum Gasteiger partial charge on any atom is 0.0138 e. The van der Waals surface area contributed by atoms with E-state index < -0.39 is 0 Å². The molecule has 1 aromatic rings. The standard InChI is InChI=1S/C20H33N/c1-3-4-5-7-12-17(2)21-20-16-11-10-15-19(20)18-13-8-6-9-14-18/h6,8-9,13-14,17,19-21H,3-5,7,10-12,15-16H2,1-2H3. The van der Waals surface area contributed by atoms with Crippen molar-refractivity contribution in [2.75, 3.05) is 0 Å². The summed E-state index contributed by atoms with van der Waals surface area (Å²) in [6, 6.07) is 12.5. The Morgan fingerprint density at radius 3 is 2.57 bits per heavy atom. The molecule has 0 amide bonds. The van der Waals surface area contributed by atoms with E-state index in [1.165, 1.54) is 63.4 Å². The first-order valence-corrected chi connectivity index (χ1v) is 9.12. The first-order chi connectivity index (χ1) is 10.3. The monoisotopic (exact) mass is 287 g/mol. The first-order valence-electron chi connectivity index (χ1n) is 9.12. The SMILES string of the molecule is CCCCCCC(C)NC1CCCCC1c1ccccc1. The number of hydrogen-bond donors (Lipinski definition) is 1. The fraction of sp³-hybridized carbons (Fsp3) is 0.700. The lowest BCUT2D eigenvalue weighted by Crippen LogP contribution is -2.42. The third-order valence-corrected chi connectivity index (χ3v) is 4.98. The summed E-state index contributed by atoms with van der Waals surface area (Å²) in [6.07, 6.45) is 12.3. The van der Waals surface area contributed by atoms with E-state index in [2.05, 4.69) is 49.5 Å². The lowest BCUT2D eigenvalue weighted by atomic mass is 9.79. The lowest BCUT2D eigenvalue weighted by molar-refractivity contribution is 0.296. The second-order valence-electron chi connectivity index (χ2n) is 6.83. The minimum absolute atomic E-state index is 0.663. The van der Waals surface area contributed by atoms with Gasteiger partial charge in [-0.25, -0.2) is 0 Å². The van der Waals surface area contributed by atoms with Gasteiger partial charge >= 0.3 is 0 Å². The molecule has 1 nitrogen and oxygen atoms in total. The van der Waals surface area contributed by atoms with E-state index in [-0.39, 0.29) is 0 Å². The molecule has 0 spiro atoms. The van der Waals surface area contributed by atoms with Crippen molar-refractivity contribution in [2.45, 2.75) is 89.6 Å². The molecule has 0 aromatic heterocycles. The predicted octanol–water partition coefficient (Wildman–Crippen LogP) is 5.66. The minimum atomic E-state index is 0.663. The van der Waals surface area contributed by atoms with Crippen LogP contribution in [0.4, 0.5) is 0 Å². The van der Waals surface area contributed by atoms with E-state index in [1.807, 2.05) is 0 Å².